The predicted octanol–water partition coefficient (Wildman–Crippen LogP) is 5.22. The number of hydrogen-bond acceptors (Lipinski definition) is 5. The molecule has 3 rings (SSSR count). The van der Waals surface area contributed by atoms with Gasteiger partial charge in [0.2, 0.25) is 10.0 Å². The fourth-order valence-electron chi connectivity index (χ4n) is 4.32. The van der Waals surface area contributed by atoms with Gasteiger partial charge < -0.3 is 10.6 Å². The van der Waals surface area contributed by atoms with Crippen molar-refractivity contribution >= 4 is 38.2 Å². The topological polar surface area (TPSA) is 95.6 Å². The zero-order valence-corrected chi connectivity index (χ0v) is 22.6. The molecule has 35 heavy (non-hydrogen) atoms. The molecule has 9 heteroatoms. The van der Waals surface area contributed by atoms with Crippen LogP contribution in [0.5, 0.6) is 0 Å². The Morgan fingerprint density at radius 3 is 2.17 bits per heavy atom. The highest BCUT2D eigenvalue weighted by Crippen LogP contribution is 2.37. The molecule has 192 valence electrons. The second-order valence-electron chi connectivity index (χ2n) is 8.94. The molecule has 1 aliphatic rings. The number of hydrogen-bond donors (Lipinski definition) is 2. The van der Waals surface area contributed by atoms with Crippen LogP contribution < -0.4 is 10.6 Å². The van der Waals surface area contributed by atoms with E-state index in [1.807, 2.05) is 13.8 Å². The highest BCUT2D eigenvalue weighted by Gasteiger charge is 2.26. The zero-order valence-electron chi connectivity index (χ0n) is 21.0. The van der Waals surface area contributed by atoms with Gasteiger partial charge in [0, 0.05) is 30.6 Å². The van der Waals surface area contributed by atoms with Crippen molar-refractivity contribution in [2.24, 2.45) is 0 Å². The van der Waals surface area contributed by atoms with Crippen molar-refractivity contribution in [2.45, 2.75) is 76.5 Å². The van der Waals surface area contributed by atoms with Crippen molar-refractivity contribution in [2.75, 3.05) is 25.5 Å². The molecular weight excluding hydrogens is 482 g/mol. The quantitative estimate of drug-likeness (QED) is 0.398. The van der Waals surface area contributed by atoms with Gasteiger partial charge in [0.25, 0.3) is 11.8 Å². The summed E-state index contributed by atoms with van der Waals surface area (Å²) in [6.07, 6.45) is 8.46. The van der Waals surface area contributed by atoms with Gasteiger partial charge in [-0.1, -0.05) is 33.1 Å². The summed E-state index contributed by atoms with van der Waals surface area (Å²) in [6.45, 7) is 5.07. The summed E-state index contributed by atoms with van der Waals surface area (Å²) in [5.41, 5.74) is 1.95. The molecule has 7 nitrogen and oxygen atoms in total. The molecule has 0 fully saturated rings. The first-order valence-electron chi connectivity index (χ1n) is 12.6. The molecule has 1 aromatic carbocycles. The van der Waals surface area contributed by atoms with Gasteiger partial charge in [0.05, 0.1) is 10.5 Å². The van der Waals surface area contributed by atoms with Crippen molar-refractivity contribution in [3.63, 3.8) is 0 Å². The number of carbonyl (C=O) groups excluding carboxylic acids is 2. The van der Waals surface area contributed by atoms with Crippen molar-refractivity contribution in [1.29, 1.82) is 0 Å². The lowest BCUT2D eigenvalue weighted by molar-refractivity contribution is 0.0963. The van der Waals surface area contributed by atoms with E-state index in [9.17, 15) is 18.0 Å². The minimum Gasteiger partial charge on any atom is -0.355 e. The standard InChI is InChI=1S/C26H37N3O4S2/c1-4-6-17-29(18-7-5-2)35(32,33)20-15-13-19(14-16-20)24(30)28-26-23(25(31)27-3)21-11-9-8-10-12-22(21)34-26/h13-16H,4-12,17-18H2,1-3H3,(H,27,31)(H,28,30). The minimum absolute atomic E-state index is 0.190. The number of rotatable bonds is 11. The number of benzene rings is 1. The largest absolute Gasteiger partial charge is 0.355 e. The number of anilines is 1. The van der Waals surface area contributed by atoms with Gasteiger partial charge in [0.15, 0.2) is 0 Å². The van der Waals surface area contributed by atoms with Crippen LogP contribution in [0.1, 0.15) is 89.9 Å². The van der Waals surface area contributed by atoms with Crippen molar-refractivity contribution in [3.8, 4) is 0 Å². The van der Waals surface area contributed by atoms with E-state index >= 15 is 0 Å². The monoisotopic (exact) mass is 519 g/mol. The Hall–Kier alpha value is -2.23. The summed E-state index contributed by atoms with van der Waals surface area (Å²) >= 11 is 1.47. The maximum absolute atomic E-state index is 13.2. The van der Waals surface area contributed by atoms with Gasteiger partial charge in [-0.3, -0.25) is 9.59 Å². The molecule has 1 aliphatic carbocycles. The van der Waals surface area contributed by atoms with Crippen molar-refractivity contribution in [1.82, 2.24) is 9.62 Å². The van der Waals surface area contributed by atoms with Crippen LogP contribution in [0.25, 0.3) is 0 Å². The van der Waals surface area contributed by atoms with Crippen LogP contribution >= 0.6 is 11.3 Å². The Balaban J connectivity index is 1.81. The molecule has 0 unspecified atom stereocenters. The van der Waals surface area contributed by atoms with Gasteiger partial charge in [-0.05, 0) is 68.4 Å². The Kier molecular flexibility index (Phi) is 9.89. The van der Waals surface area contributed by atoms with Gasteiger partial charge in [-0.15, -0.1) is 11.3 Å². The third-order valence-corrected chi connectivity index (χ3v) is 9.50. The lowest BCUT2D eigenvalue weighted by atomic mass is 10.0. The van der Waals surface area contributed by atoms with Crippen LogP contribution in [0.3, 0.4) is 0 Å². The molecule has 0 aliphatic heterocycles. The second kappa shape index (κ2) is 12.6. The summed E-state index contributed by atoms with van der Waals surface area (Å²) in [7, 11) is -2.03. The van der Waals surface area contributed by atoms with Crippen LogP contribution in [0.2, 0.25) is 0 Å². The van der Waals surface area contributed by atoms with E-state index in [2.05, 4.69) is 10.6 Å². The molecule has 2 aromatic rings. The van der Waals surface area contributed by atoms with E-state index in [4.69, 9.17) is 0 Å². The normalized spacial score (nSPS) is 13.8. The smallest absolute Gasteiger partial charge is 0.256 e. The van der Waals surface area contributed by atoms with Gasteiger partial charge in [-0.2, -0.15) is 4.31 Å². The molecule has 0 spiro atoms. The molecule has 0 saturated carbocycles. The molecule has 0 saturated heterocycles. The van der Waals surface area contributed by atoms with Crippen LogP contribution in [0.4, 0.5) is 5.00 Å². The summed E-state index contributed by atoms with van der Waals surface area (Å²) < 4.78 is 27.9. The third-order valence-electron chi connectivity index (χ3n) is 6.38. The third kappa shape index (κ3) is 6.51. The molecular formula is C26H37N3O4S2. The molecule has 0 radical (unpaired) electrons. The van der Waals surface area contributed by atoms with E-state index in [1.165, 1.54) is 35.6 Å². The molecule has 2 N–H and O–H groups in total. The lowest BCUT2D eigenvalue weighted by Gasteiger charge is -2.22. The zero-order chi connectivity index (χ0) is 25.4. The van der Waals surface area contributed by atoms with Crippen LogP contribution in [-0.4, -0.2) is 44.7 Å². The Bertz CT molecular complexity index is 1120. The lowest BCUT2D eigenvalue weighted by Crippen LogP contribution is -2.33. The summed E-state index contributed by atoms with van der Waals surface area (Å²) in [5, 5.41) is 6.17. The van der Waals surface area contributed by atoms with E-state index in [0.29, 0.717) is 29.2 Å². The highest BCUT2D eigenvalue weighted by molar-refractivity contribution is 7.89. The molecule has 2 amide bonds. The first-order valence-corrected chi connectivity index (χ1v) is 14.9. The second-order valence-corrected chi connectivity index (χ2v) is 12.0. The summed E-state index contributed by atoms with van der Waals surface area (Å²) in [5.74, 6) is -0.551. The van der Waals surface area contributed by atoms with E-state index in [0.717, 1.165) is 68.2 Å². The van der Waals surface area contributed by atoms with Gasteiger partial charge >= 0.3 is 0 Å². The van der Waals surface area contributed by atoms with Gasteiger partial charge in [0.1, 0.15) is 5.00 Å². The average molecular weight is 520 g/mol. The summed E-state index contributed by atoms with van der Waals surface area (Å²) in [6, 6.07) is 6.08. The molecule has 1 aromatic heterocycles. The SMILES string of the molecule is CCCCN(CCCC)S(=O)(=O)c1ccc(C(=O)Nc2sc3c(c2C(=O)NC)CCCCC3)cc1. The predicted molar refractivity (Wildman–Crippen MR) is 142 cm³/mol. The van der Waals surface area contributed by atoms with Crippen LogP contribution in [0.15, 0.2) is 29.2 Å². The highest BCUT2D eigenvalue weighted by atomic mass is 32.2. The molecule has 1 heterocycles. The Labute approximate surface area is 213 Å². The number of aryl methyl sites for hydroxylation is 1. The number of unbranched alkanes of at least 4 members (excludes halogenated alkanes) is 2. The molecule has 0 atom stereocenters. The van der Waals surface area contributed by atoms with Crippen molar-refractivity contribution < 1.29 is 18.0 Å². The number of nitrogens with one attached hydrogen (secondary N) is 2. The van der Waals surface area contributed by atoms with E-state index in [-0.39, 0.29) is 16.7 Å². The Morgan fingerprint density at radius 2 is 1.57 bits per heavy atom. The van der Waals surface area contributed by atoms with E-state index in [1.54, 1.807) is 11.4 Å². The minimum atomic E-state index is -3.62. The Morgan fingerprint density at radius 1 is 0.943 bits per heavy atom. The number of sulfonamides is 1. The van der Waals surface area contributed by atoms with Crippen molar-refractivity contribution in [3.05, 3.63) is 45.8 Å². The number of nitrogens with zero attached hydrogens (tertiary/aromatic N) is 1. The maximum atomic E-state index is 13.2. The van der Waals surface area contributed by atoms with E-state index < -0.39 is 10.0 Å². The first-order chi connectivity index (χ1) is 16.8. The van der Waals surface area contributed by atoms with Crippen LogP contribution in [0, 0.1) is 0 Å². The number of thiophene rings is 1. The van der Waals surface area contributed by atoms with Crippen LogP contribution in [-0.2, 0) is 22.9 Å². The maximum Gasteiger partial charge on any atom is 0.256 e. The fourth-order valence-corrected chi connectivity index (χ4v) is 7.12. The molecule has 0 bridgehead atoms. The number of carbonyl (C=O) groups is 2. The average Bonchev–Trinajstić information content (AvgIpc) is 3.03. The first kappa shape index (κ1) is 27.4. The number of fused-ring (bicyclic) bond motifs is 1. The number of amides is 2. The fraction of sp³-hybridized carbons (Fsp3) is 0.538. The van der Waals surface area contributed by atoms with Gasteiger partial charge in [-0.25, -0.2) is 8.42 Å². The summed E-state index contributed by atoms with van der Waals surface area (Å²) in [4.78, 5) is 27.0.